The van der Waals surface area contributed by atoms with Crippen LogP contribution < -0.4 is 10.9 Å². The molecule has 18 heteroatoms. The van der Waals surface area contributed by atoms with E-state index in [9.17, 15) is 58.8 Å². The smallest absolute Gasteiger partial charge is 0.321 e. The molecular weight excluding hydrogens is 664 g/mol. The normalized spacial score (nSPS) is 12.6. The molecule has 0 spiro atoms. The minimum absolute atomic E-state index is 0.0979. The van der Waals surface area contributed by atoms with Gasteiger partial charge in [0.05, 0.1) is 45.0 Å². The molecule has 3 aromatic carbocycles. The van der Waals surface area contributed by atoms with Gasteiger partial charge in [0.15, 0.2) is 5.78 Å². The van der Waals surface area contributed by atoms with Crippen molar-refractivity contribution in [3.63, 3.8) is 0 Å². The van der Waals surface area contributed by atoms with Gasteiger partial charge in [-0.3, -0.25) is 9.59 Å². The molecule has 0 radical (unpaired) electrons. The van der Waals surface area contributed by atoms with Crippen LogP contribution in [0.25, 0.3) is 11.0 Å². The van der Waals surface area contributed by atoms with E-state index in [2.05, 4.69) is 4.99 Å². The third-order valence-electron chi connectivity index (χ3n) is 6.42. The topological polar surface area (TPSA) is 92.2 Å². The van der Waals surface area contributed by atoms with E-state index < -0.39 is 105 Å². The number of anilines is 1. The Labute approximate surface area is 255 Å². The molecular formula is C28H16ClF10N5O2. The fraction of sp³-hybridized carbons (Fsp3) is 0.214. The first-order chi connectivity index (χ1) is 21.3. The van der Waals surface area contributed by atoms with Crippen molar-refractivity contribution in [3.8, 4) is 6.07 Å². The minimum atomic E-state index is -5.10. The molecule has 1 heterocycles. The molecule has 242 valence electrons. The number of benzene rings is 3. The standard InChI is InChI=1S/C28H16ClF10N5O2/c1-43-23-17(9-40)22(24(45)16-7-14(30)2-3-18(16)29)19(42-25(46)12-4-13(28(37,38)39)6-15(31)5-12)8-20(23)44(10-21(32)33)26(43)41-11-27(34,35)36/h2-8,21H,10-11H2,1H3,(H,42,46). The van der Waals surface area contributed by atoms with Crippen LogP contribution in [0.5, 0.6) is 0 Å². The van der Waals surface area contributed by atoms with Crippen molar-refractivity contribution in [2.45, 2.75) is 25.3 Å². The van der Waals surface area contributed by atoms with Crippen molar-refractivity contribution in [1.82, 2.24) is 9.13 Å². The quantitative estimate of drug-likeness (QED) is 0.168. The molecule has 0 fully saturated rings. The van der Waals surface area contributed by atoms with Crippen LogP contribution in [0.4, 0.5) is 49.6 Å². The van der Waals surface area contributed by atoms with Crippen molar-refractivity contribution in [3.05, 3.63) is 92.6 Å². The lowest BCUT2D eigenvalue weighted by Gasteiger charge is -2.16. The van der Waals surface area contributed by atoms with Gasteiger partial charge in [-0.15, -0.1) is 0 Å². The van der Waals surface area contributed by atoms with Crippen LogP contribution in [0.2, 0.25) is 5.02 Å². The Morgan fingerprint density at radius 1 is 1.02 bits per heavy atom. The molecule has 4 rings (SSSR count). The first-order valence-corrected chi connectivity index (χ1v) is 12.9. The van der Waals surface area contributed by atoms with Gasteiger partial charge in [0, 0.05) is 18.2 Å². The fourth-order valence-electron chi connectivity index (χ4n) is 4.59. The van der Waals surface area contributed by atoms with Crippen LogP contribution >= 0.6 is 11.6 Å². The number of carbonyl (C=O) groups excluding carboxylic acids is 2. The molecule has 4 aromatic rings. The molecule has 0 saturated heterocycles. The number of halogens is 11. The highest BCUT2D eigenvalue weighted by atomic mass is 35.5. The number of ketones is 1. The van der Waals surface area contributed by atoms with E-state index in [1.54, 1.807) is 6.07 Å². The summed E-state index contributed by atoms with van der Waals surface area (Å²) in [6, 6.07) is 5.66. The number of fused-ring (bicyclic) bond motifs is 1. The zero-order valence-electron chi connectivity index (χ0n) is 22.8. The van der Waals surface area contributed by atoms with E-state index >= 15 is 0 Å². The number of alkyl halides is 8. The van der Waals surface area contributed by atoms with E-state index in [1.807, 2.05) is 5.32 Å². The van der Waals surface area contributed by atoms with Gasteiger partial charge in [0.25, 0.3) is 12.3 Å². The number of hydrogen-bond donors (Lipinski definition) is 1. The maximum atomic E-state index is 14.1. The number of carbonyl (C=O) groups is 2. The summed E-state index contributed by atoms with van der Waals surface area (Å²) in [5.41, 5.74) is -7.00. The third-order valence-corrected chi connectivity index (χ3v) is 6.74. The summed E-state index contributed by atoms with van der Waals surface area (Å²) in [4.78, 5) is 30.3. The van der Waals surface area contributed by atoms with Crippen LogP contribution in [-0.2, 0) is 19.8 Å². The van der Waals surface area contributed by atoms with E-state index in [4.69, 9.17) is 11.6 Å². The number of hydrogen-bond acceptors (Lipinski definition) is 4. The Kier molecular flexibility index (Phi) is 9.25. The first-order valence-electron chi connectivity index (χ1n) is 12.5. The van der Waals surface area contributed by atoms with Gasteiger partial charge >= 0.3 is 12.4 Å². The second kappa shape index (κ2) is 12.5. The highest BCUT2D eigenvalue weighted by Crippen LogP contribution is 2.34. The number of amides is 1. The average Bonchev–Trinajstić information content (AvgIpc) is 3.20. The van der Waals surface area contributed by atoms with Gasteiger partial charge in [-0.2, -0.15) is 31.6 Å². The first kappa shape index (κ1) is 34.0. The van der Waals surface area contributed by atoms with Gasteiger partial charge in [-0.05, 0) is 42.5 Å². The Hall–Kier alpha value is -4.85. The highest BCUT2D eigenvalue weighted by molar-refractivity contribution is 6.35. The maximum absolute atomic E-state index is 14.1. The summed E-state index contributed by atoms with van der Waals surface area (Å²) in [5, 5.41) is 11.8. The average molecular weight is 680 g/mol. The van der Waals surface area contributed by atoms with Gasteiger partial charge in [-0.25, -0.2) is 22.6 Å². The molecule has 0 aliphatic rings. The summed E-state index contributed by atoms with van der Waals surface area (Å²) in [5.74, 6) is -5.21. The minimum Gasteiger partial charge on any atom is -0.321 e. The Morgan fingerprint density at radius 3 is 2.28 bits per heavy atom. The number of imidazole rings is 1. The fourth-order valence-corrected chi connectivity index (χ4v) is 4.79. The summed E-state index contributed by atoms with van der Waals surface area (Å²) in [6.07, 6.45) is -13.2. The molecule has 1 amide bonds. The van der Waals surface area contributed by atoms with Gasteiger partial charge in [0.1, 0.15) is 24.2 Å². The number of rotatable bonds is 7. The van der Waals surface area contributed by atoms with Crippen molar-refractivity contribution in [2.75, 3.05) is 11.9 Å². The molecule has 0 atom stereocenters. The number of nitrogens with zero attached hydrogens (tertiary/aromatic N) is 4. The lowest BCUT2D eigenvalue weighted by atomic mass is 9.95. The molecule has 0 bridgehead atoms. The van der Waals surface area contributed by atoms with Gasteiger partial charge < -0.3 is 14.5 Å². The predicted molar refractivity (Wildman–Crippen MR) is 142 cm³/mol. The molecule has 1 aromatic heterocycles. The monoisotopic (exact) mass is 679 g/mol. The summed E-state index contributed by atoms with van der Waals surface area (Å²) in [7, 11) is 1.05. The van der Waals surface area contributed by atoms with Crippen molar-refractivity contribution >= 4 is 40.0 Å². The lowest BCUT2D eigenvalue weighted by molar-refractivity contribution is -0.137. The molecule has 1 N–H and O–H groups in total. The number of nitrogens with one attached hydrogen (secondary N) is 1. The highest BCUT2D eigenvalue weighted by Gasteiger charge is 2.33. The Morgan fingerprint density at radius 2 is 1.70 bits per heavy atom. The molecule has 0 aliphatic heterocycles. The second-order valence-corrected chi connectivity index (χ2v) is 9.99. The van der Waals surface area contributed by atoms with Gasteiger partial charge in [-0.1, -0.05) is 11.6 Å². The summed E-state index contributed by atoms with van der Waals surface area (Å²) in [6.45, 7) is -3.15. The Balaban J connectivity index is 2.09. The van der Waals surface area contributed by atoms with E-state index in [0.29, 0.717) is 16.7 Å². The van der Waals surface area contributed by atoms with Crippen molar-refractivity contribution in [1.29, 1.82) is 5.26 Å². The van der Waals surface area contributed by atoms with Crippen LogP contribution in [-0.4, -0.2) is 40.0 Å². The largest absolute Gasteiger partial charge is 0.416 e. The van der Waals surface area contributed by atoms with Crippen LogP contribution in [0.15, 0.2) is 47.5 Å². The molecule has 46 heavy (non-hydrogen) atoms. The summed E-state index contributed by atoms with van der Waals surface area (Å²) >= 11 is 6.07. The number of aryl methyl sites for hydroxylation is 1. The Bertz CT molecular complexity index is 1990. The van der Waals surface area contributed by atoms with Crippen LogP contribution in [0.1, 0.15) is 37.4 Å². The van der Waals surface area contributed by atoms with Crippen LogP contribution in [0.3, 0.4) is 0 Å². The molecule has 0 saturated carbocycles. The zero-order valence-corrected chi connectivity index (χ0v) is 23.6. The van der Waals surface area contributed by atoms with Crippen molar-refractivity contribution in [2.24, 2.45) is 12.0 Å². The molecule has 0 aliphatic carbocycles. The van der Waals surface area contributed by atoms with Gasteiger partial charge in [0.2, 0.25) is 5.62 Å². The van der Waals surface area contributed by atoms with Crippen LogP contribution in [0, 0.1) is 23.0 Å². The predicted octanol–water partition coefficient (Wildman–Crippen LogP) is 7.01. The zero-order chi connectivity index (χ0) is 34.3. The number of aromatic nitrogens is 2. The van der Waals surface area contributed by atoms with E-state index in [-0.39, 0.29) is 17.2 Å². The van der Waals surface area contributed by atoms with E-state index in [0.717, 1.165) is 29.8 Å². The maximum Gasteiger partial charge on any atom is 0.416 e. The third kappa shape index (κ3) is 7.01. The SMILES string of the molecule is Cn1c(=NCC(F)(F)F)n(CC(F)F)c2cc(NC(=O)c3cc(F)cc(C(F)(F)F)c3)c(C(=O)c3cc(F)ccc3Cl)c(C#N)c21. The molecule has 7 nitrogen and oxygen atoms in total. The van der Waals surface area contributed by atoms with E-state index in [1.165, 1.54) is 0 Å². The summed E-state index contributed by atoms with van der Waals surface area (Å²) < 4.78 is 136. The lowest BCUT2D eigenvalue weighted by Crippen LogP contribution is -2.29. The van der Waals surface area contributed by atoms with Crippen molar-refractivity contribution < 1.29 is 53.5 Å². The number of nitriles is 1. The second-order valence-electron chi connectivity index (χ2n) is 9.58. The molecule has 0 unspecified atom stereocenters.